The van der Waals surface area contributed by atoms with Crippen LogP contribution in [0.15, 0.2) is 18.2 Å². The number of ketones is 1. The highest BCUT2D eigenvalue weighted by Crippen LogP contribution is 2.32. The minimum atomic E-state index is -0.894. The Kier molecular flexibility index (Phi) is 3.70. The predicted molar refractivity (Wildman–Crippen MR) is 56.7 cm³/mol. The summed E-state index contributed by atoms with van der Waals surface area (Å²) in [5, 5.41) is 17.3. The highest BCUT2D eigenvalue weighted by molar-refractivity contribution is 6.31. The smallest absolute Gasteiger partial charge is 0.152 e. The minimum absolute atomic E-state index is 0.0436. The molecule has 4 heteroatoms. The number of carbonyl (C=O) groups is 1. The Balaban J connectivity index is 3.25. The summed E-state index contributed by atoms with van der Waals surface area (Å²) in [6, 6.07) is 6.71. The molecule has 0 bridgehead atoms. The van der Waals surface area contributed by atoms with Crippen molar-refractivity contribution in [3.63, 3.8) is 0 Å². The van der Waals surface area contributed by atoms with Crippen LogP contribution in [0.2, 0.25) is 0 Å². The summed E-state index contributed by atoms with van der Waals surface area (Å²) >= 11 is 5.87. The zero-order valence-electron chi connectivity index (χ0n) is 8.20. The number of nitriles is 1. The number of phenols is 1. The highest BCUT2D eigenvalue weighted by Gasteiger charge is 2.20. The van der Waals surface area contributed by atoms with Crippen LogP contribution in [0.4, 0.5) is 0 Å². The van der Waals surface area contributed by atoms with Gasteiger partial charge in [0.25, 0.3) is 0 Å². The molecule has 0 aliphatic heterocycles. The number of hydrogen-bond acceptors (Lipinski definition) is 3. The van der Waals surface area contributed by atoms with Crippen molar-refractivity contribution >= 4 is 17.4 Å². The average molecular weight is 224 g/mol. The quantitative estimate of drug-likeness (QED) is 0.800. The van der Waals surface area contributed by atoms with Crippen molar-refractivity contribution in [2.24, 2.45) is 0 Å². The van der Waals surface area contributed by atoms with Gasteiger partial charge in [-0.2, -0.15) is 5.26 Å². The van der Waals surface area contributed by atoms with Crippen molar-refractivity contribution in [2.75, 3.05) is 0 Å². The molecule has 0 saturated heterocycles. The Hall–Kier alpha value is -1.53. The zero-order chi connectivity index (χ0) is 11.4. The fourth-order valence-electron chi connectivity index (χ4n) is 1.33. The molecule has 0 radical (unpaired) electrons. The van der Waals surface area contributed by atoms with Crippen LogP contribution in [0.1, 0.15) is 23.4 Å². The van der Waals surface area contributed by atoms with Crippen molar-refractivity contribution in [2.45, 2.75) is 18.7 Å². The summed E-state index contributed by atoms with van der Waals surface area (Å²) in [6.45, 7) is 1.35. The monoisotopic (exact) mass is 223 g/mol. The molecular formula is C11H10ClNO2. The Morgan fingerprint density at radius 3 is 2.87 bits per heavy atom. The van der Waals surface area contributed by atoms with Crippen LogP contribution in [-0.4, -0.2) is 10.9 Å². The van der Waals surface area contributed by atoms with E-state index in [4.69, 9.17) is 16.9 Å². The van der Waals surface area contributed by atoms with Crippen LogP contribution in [0.3, 0.4) is 0 Å². The lowest BCUT2D eigenvalue weighted by molar-refractivity contribution is -0.116. The van der Waals surface area contributed by atoms with E-state index in [1.54, 1.807) is 12.1 Å². The van der Waals surface area contributed by atoms with Crippen LogP contribution >= 0.6 is 11.6 Å². The molecule has 15 heavy (non-hydrogen) atoms. The lowest BCUT2D eigenvalue weighted by Gasteiger charge is -2.12. The number of hydrogen-bond donors (Lipinski definition) is 1. The molecule has 0 heterocycles. The number of aromatic hydroxyl groups is 1. The summed E-state index contributed by atoms with van der Waals surface area (Å²) in [4.78, 5) is 11.1. The van der Waals surface area contributed by atoms with Gasteiger partial charge < -0.3 is 5.11 Å². The fraction of sp³-hybridized carbons (Fsp3) is 0.273. The molecule has 1 rings (SSSR count). The number of Topliss-reactive ketones (excluding diaryl/α,β-unsaturated/α-hetero) is 1. The van der Waals surface area contributed by atoms with Gasteiger partial charge >= 0.3 is 0 Å². The van der Waals surface area contributed by atoms with Crippen LogP contribution in [0.5, 0.6) is 5.75 Å². The minimum Gasteiger partial charge on any atom is -0.508 e. The standard InChI is InChI=1S/C11H10ClNO2/c1-7(14)11(12)10-8(5-6-13)3-2-4-9(10)15/h2-4,11,15H,5H2,1H3. The lowest BCUT2D eigenvalue weighted by atomic mass is 9.99. The summed E-state index contributed by atoms with van der Waals surface area (Å²) in [5.74, 6) is -0.296. The second-order valence-corrected chi connectivity index (χ2v) is 3.59. The molecule has 0 spiro atoms. The van der Waals surface area contributed by atoms with Gasteiger partial charge in [-0.05, 0) is 18.6 Å². The first-order chi connectivity index (χ1) is 7.07. The Morgan fingerprint density at radius 2 is 2.33 bits per heavy atom. The first-order valence-corrected chi connectivity index (χ1v) is 4.83. The Labute approximate surface area is 92.9 Å². The van der Waals surface area contributed by atoms with Crippen molar-refractivity contribution in [3.8, 4) is 11.8 Å². The van der Waals surface area contributed by atoms with Crippen molar-refractivity contribution in [1.29, 1.82) is 5.26 Å². The third-order valence-electron chi connectivity index (χ3n) is 2.05. The van der Waals surface area contributed by atoms with Crippen LogP contribution in [-0.2, 0) is 11.2 Å². The maximum Gasteiger partial charge on any atom is 0.152 e. The molecule has 1 unspecified atom stereocenters. The van der Waals surface area contributed by atoms with E-state index >= 15 is 0 Å². The van der Waals surface area contributed by atoms with Crippen LogP contribution in [0, 0.1) is 11.3 Å². The van der Waals surface area contributed by atoms with Gasteiger partial charge in [-0.25, -0.2) is 0 Å². The molecule has 0 fully saturated rings. The van der Waals surface area contributed by atoms with Crippen LogP contribution < -0.4 is 0 Å². The molecule has 0 aliphatic rings. The number of halogens is 1. The maximum atomic E-state index is 11.1. The molecule has 1 N–H and O–H groups in total. The molecule has 78 valence electrons. The lowest BCUT2D eigenvalue weighted by Crippen LogP contribution is -2.05. The maximum absolute atomic E-state index is 11.1. The van der Waals surface area contributed by atoms with E-state index in [9.17, 15) is 9.90 Å². The first kappa shape index (κ1) is 11.5. The van der Waals surface area contributed by atoms with E-state index in [2.05, 4.69) is 0 Å². The van der Waals surface area contributed by atoms with Gasteiger partial charge in [-0.15, -0.1) is 11.6 Å². The zero-order valence-corrected chi connectivity index (χ0v) is 8.95. The summed E-state index contributed by atoms with van der Waals surface area (Å²) < 4.78 is 0. The SMILES string of the molecule is CC(=O)C(Cl)c1c(O)cccc1CC#N. The molecule has 0 aliphatic carbocycles. The topological polar surface area (TPSA) is 61.1 Å². The van der Waals surface area contributed by atoms with Gasteiger partial charge in [0.1, 0.15) is 11.1 Å². The van der Waals surface area contributed by atoms with E-state index in [-0.39, 0.29) is 18.0 Å². The number of alkyl halides is 1. The van der Waals surface area contributed by atoms with Gasteiger partial charge in [0, 0.05) is 5.56 Å². The average Bonchev–Trinajstić information content (AvgIpc) is 2.17. The Morgan fingerprint density at radius 1 is 1.67 bits per heavy atom. The summed E-state index contributed by atoms with van der Waals surface area (Å²) in [5.41, 5.74) is 0.931. The predicted octanol–water partition coefficient (Wildman–Crippen LogP) is 2.33. The van der Waals surface area contributed by atoms with E-state index in [1.165, 1.54) is 13.0 Å². The number of carbonyl (C=O) groups excluding carboxylic acids is 1. The summed E-state index contributed by atoms with van der Waals surface area (Å²) in [6.07, 6.45) is 0.125. The molecule has 1 aromatic carbocycles. The number of phenolic OH excluding ortho intramolecular Hbond substituents is 1. The molecule has 1 aromatic rings. The second kappa shape index (κ2) is 4.81. The highest BCUT2D eigenvalue weighted by atomic mass is 35.5. The van der Waals surface area contributed by atoms with E-state index in [0.29, 0.717) is 11.1 Å². The molecular weight excluding hydrogens is 214 g/mol. The van der Waals surface area contributed by atoms with Gasteiger partial charge in [0.05, 0.1) is 12.5 Å². The molecule has 0 aromatic heterocycles. The van der Waals surface area contributed by atoms with Crippen molar-refractivity contribution in [3.05, 3.63) is 29.3 Å². The van der Waals surface area contributed by atoms with Gasteiger partial charge in [0.15, 0.2) is 5.78 Å². The largest absolute Gasteiger partial charge is 0.508 e. The van der Waals surface area contributed by atoms with E-state index < -0.39 is 5.38 Å². The Bertz CT molecular complexity index is 423. The van der Waals surface area contributed by atoms with Crippen molar-refractivity contribution in [1.82, 2.24) is 0 Å². The van der Waals surface area contributed by atoms with Crippen molar-refractivity contribution < 1.29 is 9.90 Å². The molecule has 0 amide bonds. The first-order valence-electron chi connectivity index (χ1n) is 4.40. The fourth-order valence-corrected chi connectivity index (χ4v) is 1.59. The number of benzene rings is 1. The third kappa shape index (κ3) is 2.48. The van der Waals surface area contributed by atoms with Gasteiger partial charge in [-0.3, -0.25) is 4.79 Å². The summed E-state index contributed by atoms with van der Waals surface area (Å²) in [7, 11) is 0. The third-order valence-corrected chi connectivity index (χ3v) is 2.58. The number of nitrogens with zero attached hydrogens (tertiary/aromatic N) is 1. The van der Waals surface area contributed by atoms with Crippen LogP contribution in [0.25, 0.3) is 0 Å². The second-order valence-electron chi connectivity index (χ2n) is 3.16. The normalized spacial score (nSPS) is 11.8. The van der Waals surface area contributed by atoms with Gasteiger partial charge in [-0.1, -0.05) is 12.1 Å². The van der Waals surface area contributed by atoms with E-state index in [1.807, 2.05) is 6.07 Å². The molecule has 1 atom stereocenters. The molecule has 3 nitrogen and oxygen atoms in total. The molecule has 0 saturated carbocycles. The van der Waals surface area contributed by atoms with Gasteiger partial charge in [0.2, 0.25) is 0 Å². The van der Waals surface area contributed by atoms with E-state index in [0.717, 1.165) is 0 Å². The number of rotatable bonds is 3.